The molecule has 2 N–H and O–H groups in total. The lowest BCUT2D eigenvalue weighted by molar-refractivity contribution is 0.0702. The molecular weight excluding hydrogens is 210 g/mol. The predicted octanol–water partition coefficient (Wildman–Crippen LogP) is 2.38. The van der Waals surface area contributed by atoms with Crippen LogP contribution in [-0.4, -0.2) is 24.7 Å². The van der Waals surface area contributed by atoms with Crippen LogP contribution in [0.4, 0.5) is 0 Å². The smallest absolute Gasteiger partial charge is 0.345 e. The predicted molar refractivity (Wildman–Crippen MR) is 63.6 cm³/mol. The van der Waals surface area contributed by atoms with Gasteiger partial charge in [0.1, 0.15) is 4.88 Å². The molecule has 0 unspecified atom stereocenters. The van der Waals surface area contributed by atoms with Crippen LogP contribution in [0.1, 0.15) is 26.5 Å². The van der Waals surface area contributed by atoms with Gasteiger partial charge in [0, 0.05) is 4.88 Å². The molecule has 1 aromatic heterocycles. The van der Waals surface area contributed by atoms with Crippen LogP contribution in [0.15, 0.2) is 12.1 Å². The van der Waals surface area contributed by atoms with Crippen molar-refractivity contribution in [2.75, 3.05) is 13.6 Å². The molecule has 15 heavy (non-hydrogen) atoms. The Morgan fingerprint density at radius 2 is 2.40 bits per heavy atom. The second-order valence-electron chi connectivity index (χ2n) is 3.26. The van der Waals surface area contributed by atoms with Crippen molar-refractivity contribution in [2.24, 2.45) is 0 Å². The first kappa shape index (κ1) is 11.9. The van der Waals surface area contributed by atoms with Gasteiger partial charge < -0.3 is 10.4 Å². The Labute approximate surface area is 93.4 Å². The van der Waals surface area contributed by atoms with Gasteiger partial charge in [0.15, 0.2) is 0 Å². The van der Waals surface area contributed by atoms with Crippen molar-refractivity contribution in [1.82, 2.24) is 5.32 Å². The van der Waals surface area contributed by atoms with E-state index in [1.54, 1.807) is 6.07 Å². The maximum Gasteiger partial charge on any atom is 0.345 e. The molecule has 1 aromatic rings. The van der Waals surface area contributed by atoms with Crippen molar-refractivity contribution < 1.29 is 9.90 Å². The van der Waals surface area contributed by atoms with Gasteiger partial charge in [-0.1, -0.05) is 6.08 Å². The number of hydrogen-bond acceptors (Lipinski definition) is 3. The maximum absolute atomic E-state index is 10.7. The van der Waals surface area contributed by atoms with E-state index in [4.69, 9.17) is 5.11 Å². The summed E-state index contributed by atoms with van der Waals surface area (Å²) in [5.41, 5.74) is 1.03. The van der Waals surface area contributed by atoms with Gasteiger partial charge in [0.2, 0.25) is 0 Å². The van der Waals surface area contributed by atoms with E-state index in [0.717, 1.165) is 23.4 Å². The van der Waals surface area contributed by atoms with Crippen LogP contribution < -0.4 is 5.32 Å². The minimum absolute atomic E-state index is 0.403. The lowest BCUT2D eigenvalue weighted by Gasteiger charge is -1.91. The normalized spacial score (nSPS) is 11.1. The largest absolute Gasteiger partial charge is 0.477 e. The number of thiophene rings is 1. The van der Waals surface area contributed by atoms with Crippen molar-refractivity contribution in [3.63, 3.8) is 0 Å². The summed E-state index contributed by atoms with van der Waals surface area (Å²) in [4.78, 5) is 12.2. The van der Waals surface area contributed by atoms with E-state index >= 15 is 0 Å². The molecule has 0 spiro atoms. The summed E-state index contributed by atoms with van der Waals surface area (Å²) >= 11 is 1.32. The SMILES string of the molecule is CNCCC=Cc1sc(C(=O)O)cc1C. The highest BCUT2D eigenvalue weighted by molar-refractivity contribution is 7.15. The molecule has 0 saturated heterocycles. The molecule has 1 rings (SSSR count). The zero-order chi connectivity index (χ0) is 11.3. The average Bonchev–Trinajstić information content (AvgIpc) is 2.55. The van der Waals surface area contributed by atoms with Crippen molar-refractivity contribution in [3.05, 3.63) is 27.5 Å². The Bertz CT molecular complexity index is 369. The van der Waals surface area contributed by atoms with E-state index in [-0.39, 0.29) is 0 Å². The minimum Gasteiger partial charge on any atom is -0.477 e. The van der Waals surface area contributed by atoms with Gasteiger partial charge in [0.05, 0.1) is 0 Å². The lowest BCUT2D eigenvalue weighted by atomic mass is 10.2. The fourth-order valence-corrected chi connectivity index (χ4v) is 2.13. The van der Waals surface area contributed by atoms with Crippen LogP contribution in [0.3, 0.4) is 0 Å². The summed E-state index contributed by atoms with van der Waals surface area (Å²) < 4.78 is 0. The molecule has 0 saturated carbocycles. The average molecular weight is 225 g/mol. The molecular formula is C11H15NO2S. The number of rotatable bonds is 5. The number of aromatic carboxylic acids is 1. The molecule has 1 heterocycles. The zero-order valence-corrected chi connectivity index (χ0v) is 9.73. The van der Waals surface area contributed by atoms with Crippen LogP contribution >= 0.6 is 11.3 Å². The second-order valence-corrected chi connectivity index (χ2v) is 4.34. The minimum atomic E-state index is -0.849. The molecule has 4 heteroatoms. The Morgan fingerprint density at radius 1 is 1.67 bits per heavy atom. The summed E-state index contributed by atoms with van der Waals surface area (Å²) in [6, 6.07) is 1.71. The highest BCUT2D eigenvalue weighted by Crippen LogP contribution is 2.23. The number of nitrogens with one attached hydrogen (secondary N) is 1. The van der Waals surface area contributed by atoms with Gasteiger partial charge in [0.25, 0.3) is 0 Å². The van der Waals surface area contributed by atoms with Gasteiger partial charge in [-0.05, 0) is 44.6 Å². The lowest BCUT2D eigenvalue weighted by Crippen LogP contribution is -2.05. The Morgan fingerprint density at radius 3 is 2.93 bits per heavy atom. The monoisotopic (exact) mass is 225 g/mol. The number of carboxylic acids is 1. The van der Waals surface area contributed by atoms with E-state index in [9.17, 15) is 4.79 Å². The first-order chi connectivity index (χ1) is 7.15. The topological polar surface area (TPSA) is 49.3 Å². The van der Waals surface area contributed by atoms with E-state index in [0.29, 0.717) is 4.88 Å². The van der Waals surface area contributed by atoms with Gasteiger partial charge in [-0.3, -0.25) is 0 Å². The van der Waals surface area contributed by atoms with E-state index in [1.807, 2.05) is 20.0 Å². The van der Waals surface area contributed by atoms with E-state index < -0.39 is 5.97 Å². The molecule has 3 nitrogen and oxygen atoms in total. The van der Waals surface area contributed by atoms with Gasteiger partial charge in [-0.2, -0.15) is 0 Å². The zero-order valence-electron chi connectivity index (χ0n) is 8.91. The van der Waals surface area contributed by atoms with Crippen LogP contribution in [0, 0.1) is 6.92 Å². The first-order valence-corrected chi connectivity index (χ1v) is 5.61. The fourth-order valence-electron chi connectivity index (χ4n) is 1.19. The fraction of sp³-hybridized carbons (Fsp3) is 0.364. The first-order valence-electron chi connectivity index (χ1n) is 4.80. The van der Waals surface area contributed by atoms with Crippen LogP contribution in [0.25, 0.3) is 6.08 Å². The van der Waals surface area contributed by atoms with Crippen molar-refractivity contribution >= 4 is 23.4 Å². The van der Waals surface area contributed by atoms with Gasteiger partial charge in [-0.25, -0.2) is 4.79 Å². The van der Waals surface area contributed by atoms with Crippen molar-refractivity contribution in [1.29, 1.82) is 0 Å². The number of aryl methyl sites for hydroxylation is 1. The summed E-state index contributed by atoms with van der Waals surface area (Å²) in [5, 5.41) is 11.9. The van der Waals surface area contributed by atoms with Gasteiger partial charge >= 0.3 is 5.97 Å². The third-order valence-corrected chi connectivity index (χ3v) is 3.19. The summed E-state index contributed by atoms with van der Waals surface area (Å²) in [6.07, 6.45) is 5.00. The molecule has 0 bridgehead atoms. The third-order valence-electron chi connectivity index (χ3n) is 2.00. The van der Waals surface area contributed by atoms with Crippen molar-refractivity contribution in [2.45, 2.75) is 13.3 Å². The molecule has 0 aliphatic heterocycles. The number of carboxylic acid groups (broad SMARTS) is 1. The molecule has 0 atom stereocenters. The summed E-state index contributed by atoms with van der Waals surface area (Å²) in [6.45, 7) is 2.87. The summed E-state index contributed by atoms with van der Waals surface area (Å²) in [7, 11) is 1.91. The highest BCUT2D eigenvalue weighted by atomic mass is 32.1. The highest BCUT2D eigenvalue weighted by Gasteiger charge is 2.08. The molecule has 0 aliphatic rings. The Hall–Kier alpha value is -1.13. The standard InChI is InChI=1S/C11H15NO2S/c1-8-7-10(11(13)14)15-9(8)5-3-4-6-12-2/h3,5,7,12H,4,6H2,1-2H3,(H,13,14). The van der Waals surface area contributed by atoms with E-state index in [2.05, 4.69) is 11.4 Å². The van der Waals surface area contributed by atoms with Crippen LogP contribution in [0.2, 0.25) is 0 Å². The Kier molecular flexibility index (Phi) is 4.52. The van der Waals surface area contributed by atoms with E-state index in [1.165, 1.54) is 11.3 Å². The molecule has 0 aliphatic carbocycles. The molecule has 82 valence electrons. The summed E-state index contributed by atoms with van der Waals surface area (Å²) in [5.74, 6) is -0.849. The Balaban J connectivity index is 2.68. The number of carbonyl (C=O) groups is 1. The van der Waals surface area contributed by atoms with Crippen LogP contribution in [0.5, 0.6) is 0 Å². The van der Waals surface area contributed by atoms with Gasteiger partial charge in [-0.15, -0.1) is 11.3 Å². The molecule has 0 amide bonds. The molecule has 0 fully saturated rings. The number of hydrogen-bond donors (Lipinski definition) is 2. The molecule has 0 aromatic carbocycles. The maximum atomic E-state index is 10.7. The third kappa shape index (κ3) is 3.49. The van der Waals surface area contributed by atoms with Crippen molar-refractivity contribution in [3.8, 4) is 0 Å². The molecule has 0 radical (unpaired) electrons. The second kappa shape index (κ2) is 5.68. The quantitative estimate of drug-likeness (QED) is 0.756. The van der Waals surface area contributed by atoms with Crippen LogP contribution in [-0.2, 0) is 0 Å².